The number of likely N-dealkylation sites (N-methyl/N-ethyl adjacent to an activating group) is 1. The van der Waals surface area contributed by atoms with E-state index in [0.717, 1.165) is 0 Å². The van der Waals surface area contributed by atoms with Crippen LogP contribution in [-0.2, 0) is 16.6 Å². The first kappa shape index (κ1) is 16.1. The molecule has 0 fully saturated rings. The van der Waals surface area contributed by atoms with Gasteiger partial charge in [0.15, 0.2) is 5.03 Å². The second-order valence-corrected chi connectivity index (χ2v) is 6.82. The lowest BCUT2D eigenvalue weighted by Gasteiger charge is -2.26. The van der Waals surface area contributed by atoms with Gasteiger partial charge in [0.2, 0.25) is 0 Å². The molecule has 1 rings (SSSR count). The Balaban J connectivity index is 2.70. The predicted molar refractivity (Wildman–Crippen MR) is 72.3 cm³/mol. The van der Waals surface area contributed by atoms with E-state index in [1.54, 1.807) is 16.4 Å². The number of imidazole rings is 1. The Morgan fingerprint density at radius 3 is 2.63 bits per heavy atom. The third-order valence-electron chi connectivity index (χ3n) is 2.55. The summed E-state index contributed by atoms with van der Waals surface area (Å²) < 4.78 is 28.0. The van der Waals surface area contributed by atoms with Gasteiger partial charge < -0.3 is 14.6 Å². The highest BCUT2D eigenvalue weighted by Crippen LogP contribution is 2.08. The summed E-state index contributed by atoms with van der Waals surface area (Å²) in [6.07, 6.45) is 2.93. The molecule has 1 aromatic heterocycles. The minimum absolute atomic E-state index is 0.0324. The van der Waals surface area contributed by atoms with Gasteiger partial charge in [-0.15, -0.1) is 0 Å². The maximum Gasteiger partial charge on any atom is 0.259 e. The molecule has 0 aliphatic rings. The predicted octanol–water partition coefficient (Wildman–Crippen LogP) is -0.506. The van der Waals surface area contributed by atoms with Crippen molar-refractivity contribution in [1.29, 1.82) is 0 Å². The van der Waals surface area contributed by atoms with Crippen molar-refractivity contribution in [3.8, 4) is 0 Å². The summed E-state index contributed by atoms with van der Waals surface area (Å²) in [5.74, 6) is 0. The molecule has 7 nitrogen and oxygen atoms in total. The standard InChI is InChI=1S/C11H22N4O3S/c1-5-15-6-10(12-9-15)19(17,18)13-7-11(2,16)8-14(3)4/h6,9,13,16H,5,7-8H2,1-4H3. The first-order valence-electron chi connectivity index (χ1n) is 6.05. The van der Waals surface area contributed by atoms with Gasteiger partial charge in [-0.05, 0) is 27.9 Å². The number of rotatable bonds is 7. The van der Waals surface area contributed by atoms with Crippen LogP contribution in [0.1, 0.15) is 13.8 Å². The number of nitrogens with one attached hydrogen (secondary N) is 1. The number of aromatic nitrogens is 2. The van der Waals surface area contributed by atoms with Crippen molar-refractivity contribution in [2.75, 3.05) is 27.2 Å². The quantitative estimate of drug-likeness (QED) is 0.706. The maximum absolute atomic E-state index is 12.0. The summed E-state index contributed by atoms with van der Waals surface area (Å²) in [4.78, 5) is 5.63. The Kier molecular flexibility index (Phi) is 5.08. The molecule has 0 saturated carbocycles. The van der Waals surface area contributed by atoms with Crippen molar-refractivity contribution in [2.45, 2.75) is 31.0 Å². The van der Waals surface area contributed by atoms with E-state index in [9.17, 15) is 13.5 Å². The molecule has 0 spiro atoms. The number of aryl methyl sites for hydroxylation is 1. The molecular formula is C11H22N4O3S. The normalized spacial score (nSPS) is 15.7. The zero-order chi connectivity index (χ0) is 14.7. The summed E-state index contributed by atoms with van der Waals surface area (Å²) in [6, 6.07) is 0. The van der Waals surface area contributed by atoms with Gasteiger partial charge in [-0.1, -0.05) is 0 Å². The Morgan fingerprint density at radius 2 is 2.16 bits per heavy atom. The molecule has 19 heavy (non-hydrogen) atoms. The zero-order valence-electron chi connectivity index (χ0n) is 11.8. The molecule has 0 aliphatic heterocycles. The fourth-order valence-corrected chi connectivity index (χ4v) is 2.82. The van der Waals surface area contributed by atoms with E-state index in [1.165, 1.54) is 12.5 Å². The van der Waals surface area contributed by atoms with Crippen LogP contribution >= 0.6 is 0 Å². The second kappa shape index (κ2) is 6.00. The summed E-state index contributed by atoms with van der Waals surface area (Å²) in [5.41, 5.74) is -1.14. The largest absolute Gasteiger partial charge is 0.387 e. The monoisotopic (exact) mass is 290 g/mol. The van der Waals surface area contributed by atoms with Crippen LogP contribution in [0.4, 0.5) is 0 Å². The topological polar surface area (TPSA) is 87.5 Å². The lowest BCUT2D eigenvalue weighted by atomic mass is 10.1. The average molecular weight is 290 g/mol. The van der Waals surface area contributed by atoms with Gasteiger partial charge in [0.25, 0.3) is 10.0 Å². The molecule has 0 aliphatic carbocycles. The highest BCUT2D eigenvalue weighted by atomic mass is 32.2. The van der Waals surface area contributed by atoms with E-state index in [4.69, 9.17) is 0 Å². The van der Waals surface area contributed by atoms with Crippen molar-refractivity contribution in [3.05, 3.63) is 12.5 Å². The molecule has 1 unspecified atom stereocenters. The molecule has 0 amide bonds. The van der Waals surface area contributed by atoms with Crippen molar-refractivity contribution in [1.82, 2.24) is 19.2 Å². The van der Waals surface area contributed by atoms with Crippen LogP contribution in [0.3, 0.4) is 0 Å². The fourth-order valence-electron chi connectivity index (χ4n) is 1.71. The molecule has 0 saturated heterocycles. The number of sulfonamides is 1. The van der Waals surface area contributed by atoms with Gasteiger partial charge in [-0.3, -0.25) is 0 Å². The van der Waals surface area contributed by atoms with Crippen molar-refractivity contribution >= 4 is 10.0 Å². The van der Waals surface area contributed by atoms with Gasteiger partial charge in [-0.2, -0.15) is 0 Å². The molecule has 1 atom stereocenters. The fraction of sp³-hybridized carbons (Fsp3) is 0.727. The summed E-state index contributed by atoms with van der Waals surface area (Å²) in [7, 11) is -0.0562. The highest BCUT2D eigenvalue weighted by molar-refractivity contribution is 7.89. The highest BCUT2D eigenvalue weighted by Gasteiger charge is 2.25. The molecule has 2 N–H and O–H groups in total. The van der Waals surface area contributed by atoms with Crippen LogP contribution in [0.15, 0.2) is 17.6 Å². The number of hydrogen-bond donors (Lipinski definition) is 2. The second-order valence-electron chi connectivity index (χ2n) is 5.10. The zero-order valence-corrected chi connectivity index (χ0v) is 12.6. The maximum atomic E-state index is 12.0. The molecule has 0 bridgehead atoms. The molecule has 1 aromatic rings. The number of nitrogens with zero attached hydrogens (tertiary/aromatic N) is 3. The van der Waals surface area contributed by atoms with Gasteiger partial charge >= 0.3 is 0 Å². The van der Waals surface area contributed by atoms with E-state index in [-0.39, 0.29) is 11.6 Å². The molecule has 0 radical (unpaired) electrons. The van der Waals surface area contributed by atoms with E-state index in [1.807, 2.05) is 21.0 Å². The van der Waals surface area contributed by atoms with Gasteiger partial charge in [0.05, 0.1) is 11.9 Å². The third-order valence-corrected chi connectivity index (χ3v) is 3.84. The average Bonchev–Trinajstić information content (AvgIpc) is 2.74. The van der Waals surface area contributed by atoms with Gasteiger partial charge in [0.1, 0.15) is 0 Å². The Hall–Kier alpha value is -0.960. The minimum atomic E-state index is -3.68. The summed E-state index contributed by atoms with van der Waals surface area (Å²) >= 11 is 0. The third kappa shape index (κ3) is 4.90. The van der Waals surface area contributed by atoms with Crippen LogP contribution in [0.2, 0.25) is 0 Å². The lowest BCUT2D eigenvalue weighted by Crippen LogP contribution is -2.47. The van der Waals surface area contributed by atoms with Crippen LogP contribution in [0, 0.1) is 0 Å². The van der Waals surface area contributed by atoms with Crippen LogP contribution in [-0.4, -0.2) is 60.8 Å². The minimum Gasteiger partial charge on any atom is -0.387 e. The van der Waals surface area contributed by atoms with E-state index < -0.39 is 15.6 Å². The van der Waals surface area contributed by atoms with Gasteiger partial charge in [-0.25, -0.2) is 18.1 Å². The number of hydrogen-bond acceptors (Lipinski definition) is 5. The molecule has 0 aromatic carbocycles. The Morgan fingerprint density at radius 1 is 1.53 bits per heavy atom. The van der Waals surface area contributed by atoms with Gasteiger partial charge in [0, 0.05) is 25.8 Å². The lowest BCUT2D eigenvalue weighted by molar-refractivity contribution is 0.0386. The SMILES string of the molecule is CCn1cnc(S(=O)(=O)NCC(C)(O)CN(C)C)c1. The van der Waals surface area contributed by atoms with Crippen molar-refractivity contribution < 1.29 is 13.5 Å². The first-order valence-corrected chi connectivity index (χ1v) is 7.53. The summed E-state index contributed by atoms with van der Waals surface area (Å²) in [5, 5.41) is 10.0. The van der Waals surface area contributed by atoms with Crippen molar-refractivity contribution in [3.63, 3.8) is 0 Å². The van der Waals surface area contributed by atoms with Crippen molar-refractivity contribution in [2.24, 2.45) is 0 Å². The van der Waals surface area contributed by atoms with E-state index >= 15 is 0 Å². The van der Waals surface area contributed by atoms with Crippen LogP contribution in [0.25, 0.3) is 0 Å². The Labute approximate surface area is 114 Å². The van der Waals surface area contributed by atoms with Crippen LogP contribution < -0.4 is 4.72 Å². The summed E-state index contributed by atoms with van der Waals surface area (Å²) in [6.45, 7) is 4.43. The van der Waals surface area contributed by atoms with E-state index in [2.05, 4.69) is 9.71 Å². The molecule has 1 heterocycles. The molecule has 110 valence electrons. The van der Waals surface area contributed by atoms with Crippen LogP contribution in [0.5, 0.6) is 0 Å². The molecular weight excluding hydrogens is 268 g/mol. The Bertz CT molecular complexity index is 508. The smallest absolute Gasteiger partial charge is 0.259 e. The van der Waals surface area contributed by atoms with E-state index in [0.29, 0.717) is 13.1 Å². The number of aliphatic hydroxyl groups is 1. The first-order chi connectivity index (χ1) is 8.66. The molecule has 8 heteroatoms.